The predicted molar refractivity (Wildman–Crippen MR) is 132 cm³/mol. The van der Waals surface area contributed by atoms with E-state index in [0.717, 1.165) is 76.1 Å². The fraction of sp³-hybridized carbons (Fsp3) is 0.481. The van der Waals surface area contributed by atoms with E-state index in [1.807, 2.05) is 35.2 Å². The van der Waals surface area contributed by atoms with Crippen molar-refractivity contribution in [3.8, 4) is 5.75 Å². The summed E-state index contributed by atoms with van der Waals surface area (Å²) in [6.45, 7) is 6.36. The molecule has 6 nitrogen and oxygen atoms in total. The topological polar surface area (TPSA) is 61.9 Å². The van der Waals surface area contributed by atoms with Gasteiger partial charge in [0.05, 0.1) is 12.2 Å². The van der Waals surface area contributed by atoms with Crippen molar-refractivity contribution in [2.45, 2.75) is 51.9 Å². The molecule has 0 bridgehead atoms. The van der Waals surface area contributed by atoms with Crippen molar-refractivity contribution >= 4 is 23.2 Å². The van der Waals surface area contributed by atoms with Gasteiger partial charge in [-0.15, -0.1) is 0 Å². The van der Waals surface area contributed by atoms with Gasteiger partial charge in [0.2, 0.25) is 0 Å². The van der Waals surface area contributed by atoms with Gasteiger partial charge >= 0.3 is 0 Å². The monoisotopic (exact) mass is 449 g/mol. The summed E-state index contributed by atoms with van der Waals surface area (Å²) >= 11 is 0. The number of unbranched alkanes of at least 4 members (excludes halogenated alkanes) is 1. The fourth-order valence-corrected chi connectivity index (χ4v) is 4.53. The van der Waals surface area contributed by atoms with Crippen LogP contribution in [0, 0.1) is 0 Å². The molecule has 2 heterocycles. The lowest BCUT2D eigenvalue weighted by atomic mass is 10.1. The molecule has 2 aromatic carbocycles. The summed E-state index contributed by atoms with van der Waals surface area (Å²) in [7, 11) is 0. The molecule has 6 heteroatoms. The van der Waals surface area contributed by atoms with Crippen molar-refractivity contribution in [2.24, 2.45) is 0 Å². The molecule has 0 radical (unpaired) electrons. The minimum atomic E-state index is -0.194. The summed E-state index contributed by atoms with van der Waals surface area (Å²) < 4.78 is 5.68. The summed E-state index contributed by atoms with van der Waals surface area (Å²) in [4.78, 5) is 30.5. The van der Waals surface area contributed by atoms with E-state index in [-0.39, 0.29) is 11.8 Å². The highest BCUT2D eigenvalue weighted by molar-refractivity contribution is 6.06. The average Bonchev–Trinajstić information content (AvgIpc) is 3.39. The van der Waals surface area contributed by atoms with Gasteiger partial charge < -0.3 is 19.9 Å². The number of likely N-dealkylation sites (tertiary alicyclic amines) is 1. The fourth-order valence-electron chi connectivity index (χ4n) is 4.53. The third-order valence-electron chi connectivity index (χ3n) is 6.46. The second kappa shape index (κ2) is 11.2. The normalized spacial score (nSPS) is 16.0. The molecule has 4 rings (SSSR count). The summed E-state index contributed by atoms with van der Waals surface area (Å²) in [6, 6.07) is 12.9. The summed E-state index contributed by atoms with van der Waals surface area (Å²) in [5.41, 5.74) is 2.88. The zero-order valence-electron chi connectivity index (χ0n) is 19.6. The van der Waals surface area contributed by atoms with E-state index in [1.54, 1.807) is 12.1 Å². The van der Waals surface area contributed by atoms with Gasteiger partial charge in [-0.2, -0.15) is 0 Å². The van der Waals surface area contributed by atoms with Gasteiger partial charge in [-0.3, -0.25) is 9.59 Å². The Morgan fingerprint density at radius 1 is 0.909 bits per heavy atom. The molecule has 2 aromatic rings. The number of benzene rings is 2. The molecule has 2 amide bonds. The van der Waals surface area contributed by atoms with Crippen LogP contribution < -0.4 is 15.0 Å². The van der Waals surface area contributed by atoms with Crippen LogP contribution in [0.4, 0.5) is 11.4 Å². The Bertz CT molecular complexity index is 946. The summed E-state index contributed by atoms with van der Waals surface area (Å²) in [5.74, 6) is 0.645. The highest BCUT2D eigenvalue weighted by Gasteiger charge is 2.25. The Hall–Kier alpha value is -3.02. The van der Waals surface area contributed by atoms with Gasteiger partial charge in [0.15, 0.2) is 0 Å². The number of ether oxygens (including phenoxy) is 1. The minimum Gasteiger partial charge on any atom is -0.494 e. The lowest BCUT2D eigenvalue weighted by molar-refractivity contribution is 0.0724. The Morgan fingerprint density at radius 2 is 1.61 bits per heavy atom. The third-order valence-corrected chi connectivity index (χ3v) is 6.46. The van der Waals surface area contributed by atoms with Crippen LogP contribution in [-0.4, -0.2) is 49.5 Å². The molecule has 2 saturated heterocycles. The first-order valence-electron chi connectivity index (χ1n) is 12.4. The molecule has 1 N–H and O–H groups in total. The van der Waals surface area contributed by atoms with E-state index in [0.29, 0.717) is 23.4 Å². The smallest absolute Gasteiger partial charge is 0.256 e. The van der Waals surface area contributed by atoms with Gasteiger partial charge in [0.25, 0.3) is 11.8 Å². The van der Waals surface area contributed by atoms with Gasteiger partial charge in [0, 0.05) is 43.1 Å². The number of piperidine rings is 1. The highest BCUT2D eigenvalue weighted by Crippen LogP contribution is 2.29. The van der Waals surface area contributed by atoms with Crippen LogP contribution in [0.15, 0.2) is 42.5 Å². The number of carbonyl (C=O) groups excluding carboxylic acids is 2. The molecular formula is C27H35N3O3. The number of nitrogens with one attached hydrogen (secondary N) is 1. The van der Waals surface area contributed by atoms with Crippen LogP contribution in [-0.2, 0) is 0 Å². The lowest BCUT2D eigenvalue weighted by Gasteiger charge is -2.29. The van der Waals surface area contributed by atoms with Crippen LogP contribution in [0.5, 0.6) is 5.75 Å². The molecule has 0 aliphatic carbocycles. The minimum absolute atomic E-state index is 0.0706. The lowest BCUT2D eigenvalue weighted by Crippen LogP contribution is -2.36. The first-order valence-corrected chi connectivity index (χ1v) is 12.4. The maximum Gasteiger partial charge on any atom is 0.256 e. The molecule has 2 aliphatic heterocycles. The maximum atomic E-state index is 13.4. The van der Waals surface area contributed by atoms with Gasteiger partial charge in [0.1, 0.15) is 5.75 Å². The van der Waals surface area contributed by atoms with Crippen molar-refractivity contribution in [3.05, 3.63) is 53.6 Å². The molecular weight excluding hydrogens is 414 g/mol. The molecule has 2 fully saturated rings. The number of anilines is 2. The molecule has 0 spiro atoms. The maximum absolute atomic E-state index is 13.4. The quantitative estimate of drug-likeness (QED) is 0.552. The van der Waals surface area contributed by atoms with Crippen molar-refractivity contribution in [1.82, 2.24) is 4.90 Å². The van der Waals surface area contributed by atoms with Crippen LogP contribution in [0.1, 0.15) is 72.6 Å². The van der Waals surface area contributed by atoms with Gasteiger partial charge in [-0.05, 0) is 81.0 Å². The van der Waals surface area contributed by atoms with E-state index in [4.69, 9.17) is 4.74 Å². The van der Waals surface area contributed by atoms with Gasteiger partial charge in [-0.1, -0.05) is 13.3 Å². The molecule has 2 aliphatic rings. The molecule has 0 aromatic heterocycles. The molecule has 176 valence electrons. The SMILES string of the molecule is CCCCOc1ccc(C(=O)Nc2ccc(N3CCCC3)c(C(=O)N3CCCCC3)c2)cc1. The number of rotatable bonds is 8. The molecule has 0 saturated carbocycles. The largest absolute Gasteiger partial charge is 0.494 e. The average molecular weight is 450 g/mol. The number of amides is 2. The van der Waals surface area contributed by atoms with Crippen molar-refractivity contribution in [1.29, 1.82) is 0 Å². The number of hydrogen-bond donors (Lipinski definition) is 1. The van der Waals surface area contributed by atoms with E-state index in [1.165, 1.54) is 6.42 Å². The van der Waals surface area contributed by atoms with Crippen molar-refractivity contribution in [2.75, 3.05) is 43.0 Å². The number of nitrogens with zero attached hydrogens (tertiary/aromatic N) is 2. The second-order valence-corrected chi connectivity index (χ2v) is 8.96. The Balaban J connectivity index is 1.50. The van der Waals surface area contributed by atoms with E-state index in [2.05, 4.69) is 17.1 Å². The Kier molecular flexibility index (Phi) is 7.87. The first-order chi connectivity index (χ1) is 16.2. The zero-order chi connectivity index (χ0) is 23.0. The molecule has 0 unspecified atom stereocenters. The third kappa shape index (κ3) is 5.86. The summed E-state index contributed by atoms with van der Waals surface area (Å²) in [6.07, 6.45) is 7.68. The highest BCUT2D eigenvalue weighted by atomic mass is 16.5. The van der Waals surface area contributed by atoms with Gasteiger partial charge in [-0.25, -0.2) is 0 Å². The van der Waals surface area contributed by atoms with E-state index < -0.39 is 0 Å². The second-order valence-electron chi connectivity index (χ2n) is 8.96. The van der Waals surface area contributed by atoms with Crippen LogP contribution >= 0.6 is 0 Å². The van der Waals surface area contributed by atoms with E-state index >= 15 is 0 Å². The molecule has 0 atom stereocenters. The Labute approximate surface area is 196 Å². The van der Waals surface area contributed by atoms with Crippen LogP contribution in [0.25, 0.3) is 0 Å². The number of hydrogen-bond acceptors (Lipinski definition) is 4. The Morgan fingerprint density at radius 3 is 2.30 bits per heavy atom. The van der Waals surface area contributed by atoms with Crippen molar-refractivity contribution < 1.29 is 14.3 Å². The van der Waals surface area contributed by atoms with E-state index in [9.17, 15) is 9.59 Å². The number of carbonyl (C=O) groups is 2. The summed E-state index contributed by atoms with van der Waals surface area (Å²) in [5, 5.41) is 2.98. The predicted octanol–water partition coefficient (Wildman–Crippen LogP) is 5.34. The zero-order valence-corrected chi connectivity index (χ0v) is 19.6. The van der Waals surface area contributed by atoms with Crippen LogP contribution in [0.2, 0.25) is 0 Å². The van der Waals surface area contributed by atoms with Crippen molar-refractivity contribution in [3.63, 3.8) is 0 Å². The first kappa shape index (κ1) is 23.1. The van der Waals surface area contributed by atoms with Crippen LogP contribution in [0.3, 0.4) is 0 Å². The molecule has 33 heavy (non-hydrogen) atoms. The standard InChI is InChI=1S/C27H35N3O3/c1-2-3-19-33-23-12-9-21(10-13-23)26(31)28-22-11-14-25(29-15-7-8-16-29)24(20-22)27(32)30-17-5-4-6-18-30/h9-14,20H,2-8,15-19H2,1H3,(H,28,31).